The number of hydrogen-bond acceptors (Lipinski definition) is 5. The molecule has 3 heterocycles. The van der Waals surface area contributed by atoms with Crippen molar-refractivity contribution in [1.29, 1.82) is 0 Å². The monoisotopic (exact) mass is 384 g/mol. The van der Waals surface area contributed by atoms with E-state index in [2.05, 4.69) is 15.5 Å². The van der Waals surface area contributed by atoms with Gasteiger partial charge in [0.2, 0.25) is 5.91 Å². The van der Waals surface area contributed by atoms with Crippen LogP contribution >= 0.6 is 0 Å². The van der Waals surface area contributed by atoms with Crippen LogP contribution in [0, 0.1) is 13.8 Å². The van der Waals surface area contributed by atoms with Crippen LogP contribution in [0.25, 0.3) is 0 Å². The summed E-state index contributed by atoms with van der Waals surface area (Å²) in [5.41, 5.74) is 2.09. The van der Waals surface area contributed by atoms with Gasteiger partial charge in [0.05, 0.1) is 42.4 Å². The number of H-pyrrole nitrogens is 1. The van der Waals surface area contributed by atoms with Gasteiger partial charge in [-0.15, -0.1) is 0 Å². The summed E-state index contributed by atoms with van der Waals surface area (Å²) < 4.78 is 11.8. The molecule has 1 aromatic heterocycles. The van der Waals surface area contributed by atoms with Gasteiger partial charge in [-0.2, -0.15) is 5.10 Å². The van der Waals surface area contributed by atoms with Crippen molar-refractivity contribution >= 4 is 17.5 Å². The van der Waals surface area contributed by atoms with E-state index in [0.717, 1.165) is 5.69 Å². The lowest BCUT2D eigenvalue weighted by atomic mass is 9.93. The van der Waals surface area contributed by atoms with E-state index in [1.54, 1.807) is 17.0 Å². The molecule has 4 rings (SSSR count). The van der Waals surface area contributed by atoms with Gasteiger partial charge >= 0.3 is 0 Å². The number of aryl methyl sites for hydroxylation is 2. The van der Waals surface area contributed by atoms with Crippen molar-refractivity contribution in [2.75, 3.05) is 31.6 Å². The Bertz CT molecular complexity index is 882. The van der Waals surface area contributed by atoms with Crippen molar-refractivity contribution in [3.05, 3.63) is 41.2 Å². The standard InChI is InChI=1S/C20H24N4O4/c1-13-18(14(2)23-22-13)21-17(25)11-24-12-20(7-9-27-10-8-20)28-16-6-4-3-5-15(16)19(24)26/h3-6H,7-12H2,1-2H3,(H,21,25)(H,22,23). The van der Waals surface area contributed by atoms with Crippen LogP contribution < -0.4 is 10.1 Å². The zero-order valence-electron chi connectivity index (χ0n) is 16.1. The van der Waals surface area contributed by atoms with Gasteiger partial charge in [-0.25, -0.2) is 0 Å². The van der Waals surface area contributed by atoms with Gasteiger partial charge in [-0.1, -0.05) is 12.1 Å². The fourth-order valence-electron chi connectivity index (χ4n) is 3.81. The Kier molecular flexibility index (Phi) is 4.80. The second-order valence-corrected chi connectivity index (χ2v) is 7.41. The normalized spacial score (nSPS) is 18.4. The highest BCUT2D eigenvalue weighted by molar-refractivity contribution is 6.01. The molecule has 0 atom stereocenters. The molecule has 28 heavy (non-hydrogen) atoms. The smallest absolute Gasteiger partial charge is 0.258 e. The topological polar surface area (TPSA) is 96.6 Å². The molecule has 8 nitrogen and oxygen atoms in total. The van der Waals surface area contributed by atoms with Gasteiger partial charge in [0, 0.05) is 12.8 Å². The van der Waals surface area contributed by atoms with E-state index in [9.17, 15) is 9.59 Å². The number of ether oxygens (including phenoxy) is 2. The number of aromatic amines is 1. The van der Waals surface area contributed by atoms with Crippen LogP contribution in [-0.4, -0.2) is 58.8 Å². The number of fused-ring (bicyclic) bond motifs is 1. The summed E-state index contributed by atoms with van der Waals surface area (Å²) in [6.45, 7) is 5.10. The summed E-state index contributed by atoms with van der Waals surface area (Å²) in [6.07, 6.45) is 1.35. The molecule has 0 saturated carbocycles. The minimum absolute atomic E-state index is 0.0524. The van der Waals surface area contributed by atoms with Gasteiger partial charge in [0.15, 0.2) is 0 Å². The molecule has 0 bridgehead atoms. The highest BCUT2D eigenvalue weighted by atomic mass is 16.5. The summed E-state index contributed by atoms with van der Waals surface area (Å²) >= 11 is 0. The average Bonchev–Trinajstić information content (AvgIpc) is 2.94. The van der Waals surface area contributed by atoms with E-state index >= 15 is 0 Å². The van der Waals surface area contributed by atoms with Crippen molar-refractivity contribution in [3.63, 3.8) is 0 Å². The molecule has 2 aliphatic heterocycles. The number of carbonyl (C=O) groups is 2. The molecule has 8 heteroatoms. The largest absolute Gasteiger partial charge is 0.484 e. The second-order valence-electron chi connectivity index (χ2n) is 7.41. The molecule has 1 aromatic carbocycles. The quantitative estimate of drug-likeness (QED) is 0.844. The van der Waals surface area contributed by atoms with Crippen molar-refractivity contribution < 1.29 is 19.1 Å². The van der Waals surface area contributed by atoms with Gasteiger partial charge in [-0.3, -0.25) is 14.7 Å². The number of para-hydroxylation sites is 1. The number of nitrogens with zero attached hydrogens (tertiary/aromatic N) is 2. The Morgan fingerprint density at radius 3 is 2.75 bits per heavy atom. The SMILES string of the molecule is Cc1n[nH]c(C)c1NC(=O)CN1CC2(CCOCC2)Oc2ccccc2C1=O. The number of aromatic nitrogens is 2. The zero-order chi connectivity index (χ0) is 19.7. The summed E-state index contributed by atoms with van der Waals surface area (Å²) in [5, 5.41) is 9.80. The highest BCUT2D eigenvalue weighted by Crippen LogP contribution is 2.35. The Labute approximate surface area is 163 Å². The average molecular weight is 384 g/mol. The van der Waals surface area contributed by atoms with E-state index in [1.807, 2.05) is 26.0 Å². The molecule has 2 aliphatic rings. The second kappa shape index (κ2) is 7.27. The fraction of sp³-hybridized carbons (Fsp3) is 0.450. The van der Waals surface area contributed by atoms with Gasteiger partial charge in [-0.05, 0) is 26.0 Å². The van der Waals surface area contributed by atoms with Crippen LogP contribution in [0.2, 0.25) is 0 Å². The molecule has 1 saturated heterocycles. The highest BCUT2D eigenvalue weighted by Gasteiger charge is 2.42. The van der Waals surface area contributed by atoms with Crippen molar-refractivity contribution in [2.24, 2.45) is 0 Å². The predicted molar refractivity (Wildman–Crippen MR) is 102 cm³/mol. The molecule has 2 N–H and O–H groups in total. The van der Waals surface area contributed by atoms with Crippen LogP contribution in [0.1, 0.15) is 34.6 Å². The lowest BCUT2D eigenvalue weighted by molar-refractivity contribution is -0.117. The molecule has 0 radical (unpaired) electrons. The Morgan fingerprint density at radius 1 is 1.29 bits per heavy atom. The number of amides is 2. The minimum Gasteiger partial charge on any atom is -0.484 e. The summed E-state index contributed by atoms with van der Waals surface area (Å²) in [4.78, 5) is 27.4. The number of nitrogens with one attached hydrogen (secondary N) is 2. The van der Waals surface area contributed by atoms with Crippen LogP contribution in [0.15, 0.2) is 24.3 Å². The third-order valence-electron chi connectivity index (χ3n) is 5.34. The number of carbonyl (C=O) groups excluding carboxylic acids is 2. The number of benzene rings is 1. The molecule has 2 amide bonds. The van der Waals surface area contributed by atoms with Crippen molar-refractivity contribution in [1.82, 2.24) is 15.1 Å². The van der Waals surface area contributed by atoms with E-state index in [-0.39, 0.29) is 18.4 Å². The minimum atomic E-state index is -0.539. The van der Waals surface area contributed by atoms with E-state index < -0.39 is 5.60 Å². The zero-order valence-corrected chi connectivity index (χ0v) is 16.1. The predicted octanol–water partition coefficient (Wildman–Crippen LogP) is 2.05. The van der Waals surface area contributed by atoms with Crippen molar-refractivity contribution in [2.45, 2.75) is 32.3 Å². The first-order valence-corrected chi connectivity index (χ1v) is 9.44. The first-order valence-electron chi connectivity index (χ1n) is 9.44. The maximum absolute atomic E-state index is 13.2. The maximum atomic E-state index is 13.2. The third-order valence-corrected chi connectivity index (χ3v) is 5.34. The molecular formula is C20H24N4O4. The van der Waals surface area contributed by atoms with E-state index in [0.29, 0.717) is 55.3 Å². The fourth-order valence-corrected chi connectivity index (χ4v) is 3.81. The Hall–Kier alpha value is -2.87. The van der Waals surface area contributed by atoms with Gasteiger partial charge in [0.25, 0.3) is 5.91 Å². The maximum Gasteiger partial charge on any atom is 0.258 e. The number of hydrogen-bond donors (Lipinski definition) is 2. The lowest BCUT2D eigenvalue weighted by Gasteiger charge is -2.38. The third kappa shape index (κ3) is 3.47. The van der Waals surface area contributed by atoms with E-state index in [1.165, 1.54) is 0 Å². The summed E-state index contributed by atoms with van der Waals surface area (Å²) in [6, 6.07) is 7.21. The Morgan fingerprint density at radius 2 is 2.04 bits per heavy atom. The van der Waals surface area contributed by atoms with Crippen LogP contribution in [0.4, 0.5) is 5.69 Å². The molecule has 1 fully saturated rings. The molecule has 0 unspecified atom stereocenters. The Balaban J connectivity index is 1.59. The summed E-state index contributed by atoms with van der Waals surface area (Å²) in [5.74, 6) is 0.108. The molecule has 1 spiro atoms. The molecule has 0 aliphatic carbocycles. The van der Waals surface area contributed by atoms with Gasteiger partial charge in [0.1, 0.15) is 17.9 Å². The number of anilines is 1. The summed E-state index contributed by atoms with van der Waals surface area (Å²) in [7, 11) is 0. The lowest BCUT2D eigenvalue weighted by Crippen LogP contribution is -2.52. The van der Waals surface area contributed by atoms with E-state index in [4.69, 9.17) is 9.47 Å². The molecule has 148 valence electrons. The first kappa shape index (κ1) is 18.5. The molecular weight excluding hydrogens is 360 g/mol. The van der Waals surface area contributed by atoms with Crippen LogP contribution in [-0.2, 0) is 9.53 Å². The van der Waals surface area contributed by atoms with Gasteiger partial charge < -0.3 is 19.7 Å². The van der Waals surface area contributed by atoms with Crippen LogP contribution in [0.5, 0.6) is 5.75 Å². The van der Waals surface area contributed by atoms with Crippen LogP contribution in [0.3, 0.4) is 0 Å². The van der Waals surface area contributed by atoms with Crippen molar-refractivity contribution in [3.8, 4) is 5.75 Å². The molecule has 2 aromatic rings. The first-order chi connectivity index (χ1) is 13.5. The number of rotatable bonds is 3.